The molecule has 9 heteroatoms. The van der Waals surface area contributed by atoms with Gasteiger partial charge in [-0.3, -0.25) is 4.79 Å². The van der Waals surface area contributed by atoms with Crippen molar-refractivity contribution in [2.45, 2.75) is 10.9 Å². The van der Waals surface area contributed by atoms with Crippen LogP contribution in [0.1, 0.15) is 0 Å². The molecule has 0 bridgehead atoms. The number of ether oxygens (including phenoxy) is 1. The summed E-state index contributed by atoms with van der Waals surface area (Å²) in [7, 11) is -3.03. The largest absolute Gasteiger partial charge is 0.494 e. The molecule has 0 amide bonds. The summed E-state index contributed by atoms with van der Waals surface area (Å²) < 4.78 is 43.3. The Morgan fingerprint density at radius 3 is 2.58 bits per heavy atom. The molecular weight excluding hydrogens is 281 g/mol. The van der Waals surface area contributed by atoms with E-state index >= 15 is 0 Å². The summed E-state index contributed by atoms with van der Waals surface area (Å²) in [6, 6.07) is 1.14. The number of carbonyl (C=O) groups is 1. The number of sulfonamides is 1. The molecule has 1 atom stereocenters. The second kappa shape index (κ2) is 5.95. The first-order chi connectivity index (χ1) is 8.81. The minimum Gasteiger partial charge on any atom is -0.494 e. The quantitative estimate of drug-likeness (QED) is 0.655. The maximum Gasteiger partial charge on any atom is 0.324 e. The normalized spacial score (nSPS) is 13.0. The summed E-state index contributed by atoms with van der Waals surface area (Å²) in [5, 5.41) is 17.4. The van der Waals surface area contributed by atoms with Crippen LogP contribution in [-0.2, 0) is 14.8 Å². The fourth-order valence-corrected chi connectivity index (χ4v) is 2.43. The van der Waals surface area contributed by atoms with Crippen molar-refractivity contribution in [3.63, 3.8) is 0 Å². The van der Waals surface area contributed by atoms with Gasteiger partial charge in [0.1, 0.15) is 6.04 Å². The zero-order valence-corrected chi connectivity index (χ0v) is 10.6. The molecule has 0 aliphatic carbocycles. The lowest BCUT2D eigenvalue weighted by molar-refractivity contribution is -0.139. The van der Waals surface area contributed by atoms with Crippen LogP contribution in [0.5, 0.6) is 5.75 Å². The molecule has 0 spiro atoms. The van der Waals surface area contributed by atoms with E-state index in [0.717, 1.165) is 12.1 Å². The zero-order chi connectivity index (χ0) is 14.6. The van der Waals surface area contributed by atoms with Crippen LogP contribution in [0.25, 0.3) is 0 Å². The maximum absolute atomic E-state index is 13.4. The molecule has 0 saturated carbocycles. The van der Waals surface area contributed by atoms with E-state index in [1.165, 1.54) is 7.11 Å². The number of rotatable bonds is 6. The Kier molecular flexibility index (Phi) is 4.81. The van der Waals surface area contributed by atoms with Gasteiger partial charge in [-0.1, -0.05) is 0 Å². The van der Waals surface area contributed by atoms with Crippen LogP contribution in [-0.4, -0.2) is 44.4 Å². The minimum absolute atomic E-state index is 0.143. The summed E-state index contributed by atoms with van der Waals surface area (Å²) in [4.78, 5) is 10.2. The van der Waals surface area contributed by atoms with Gasteiger partial charge in [0.2, 0.25) is 10.0 Å². The van der Waals surface area contributed by atoms with Crippen molar-refractivity contribution in [1.29, 1.82) is 0 Å². The second-order valence-corrected chi connectivity index (χ2v) is 5.21. The molecule has 0 aliphatic heterocycles. The van der Waals surface area contributed by atoms with Crippen molar-refractivity contribution in [3.05, 3.63) is 24.0 Å². The van der Waals surface area contributed by atoms with Crippen LogP contribution in [0.2, 0.25) is 0 Å². The van der Waals surface area contributed by atoms with E-state index in [4.69, 9.17) is 10.2 Å². The van der Waals surface area contributed by atoms with Crippen LogP contribution < -0.4 is 9.46 Å². The molecule has 0 unspecified atom stereocenters. The number of hydrogen-bond acceptors (Lipinski definition) is 5. The van der Waals surface area contributed by atoms with Gasteiger partial charge < -0.3 is 14.9 Å². The Morgan fingerprint density at radius 2 is 2.16 bits per heavy atom. The molecule has 1 aromatic rings. The number of methoxy groups -OCH3 is 1. The topological polar surface area (TPSA) is 113 Å². The number of benzene rings is 1. The number of carboxylic acid groups (broad SMARTS) is 1. The average Bonchev–Trinajstić information content (AvgIpc) is 2.35. The first kappa shape index (κ1) is 15.3. The lowest BCUT2D eigenvalue weighted by Crippen LogP contribution is -2.43. The Labute approximate surface area is 108 Å². The predicted molar refractivity (Wildman–Crippen MR) is 61.8 cm³/mol. The molecule has 0 aliphatic rings. The maximum atomic E-state index is 13.4. The number of halogens is 1. The zero-order valence-electron chi connectivity index (χ0n) is 9.83. The van der Waals surface area contributed by atoms with E-state index in [0.29, 0.717) is 6.07 Å². The molecule has 1 rings (SSSR count). The Hall–Kier alpha value is -1.71. The SMILES string of the molecule is COc1ccc(S(=O)(=O)N[C@@H](CO)C(=O)O)cc1F. The van der Waals surface area contributed by atoms with E-state index < -0.39 is 39.4 Å². The van der Waals surface area contributed by atoms with Crippen molar-refractivity contribution < 1.29 is 32.6 Å². The number of aliphatic carboxylic acids is 1. The number of aliphatic hydroxyl groups is 1. The summed E-state index contributed by atoms with van der Waals surface area (Å²) in [5.41, 5.74) is 0. The van der Waals surface area contributed by atoms with Crippen LogP contribution in [0.15, 0.2) is 23.1 Å². The van der Waals surface area contributed by atoms with E-state index in [1.54, 1.807) is 4.72 Å². The Bertz CT molecular complexity index is 573. The Balaban J connectivity index is 3.07. The molecule has 0 heterocycles. The van der Waals surface area contributed by atoms with E-state index in [9.17, 15) is 17.6 Å². The predicted octanol–water partition coefficient (Wildman–Crippen LogP) is -0.442. The molecule has 106 valence electrons. The highest BCUT2D eigenvalue weighted by Crippen LogP contribution is 2.20. The van der Waals surface area contributed by atoms with Crippen LogP contribution in [0.4, 0.5) is 4.39 Å². The second-order valence-electron chi connectivity index (χ2n) is 3.49. The molecule has 0 radical (unpaired) electrons. The molecule has 1 aromatic carbocycles. The van der Waals surface area contributed by atoms with Crippen molar-refractivity contribution in [3.8, 4) is 5.75 Å². The smallest absolute Gasteiger partial charge is 0.324 e. The standard InChI is InChI=1S/C10H12FNO6S/c1-18-9-3-2-6(4-7(9)11)19(16,17)12-8(5-13)10(14)15/h2-4,8,12-13H,5H2,1H3,(H,14,15)/t8-/m0/s1. The molecule has 19 heavy (non-hydrogen) atoms. The fourth-order valence-electron chi connectivity index (χ4n) is 1.24. The fraction of sp³-hybridized carbons (Fsp3) is 0.300. The van der Waals surface area contributed by atoms with Crippen LogP contribution in [0, 0.1) is 5.82 Å². The lowest BCUT2D eigenvalue weighted by atomic mass is 10.3. The van der Waals surface area contributed by atoms with Gasteiger partial charge >= 0.3 is 5.97 Å². The van der Waals surface area contributed by atoms with Gasteiger partial charge in [-0.25, -0.2) is 12.8 Å². The van der Waals surface area contributed by atoms with Crippen molar-refractivity contribution in [2.75, 3.05) is 13.7 Å². The van der Waals surface area contributed by atoms with Gasteiger partial charge in [-0.2, -0.15) is 4.72 Å². The minimum atomic E-state index is -4.25. The van der Waals surface area contributed by atoms with Gasteiger partial charge in [0.05, 0.1) is 18.6 Å². The highest BCUT2D eigenvalue weighted by molar-refractivity contribution is 7.89. The molecule has 7 nitrogen and oxygen atoms in total. The van der Waals surface area contributed by atoms with Gasteiger partial charge in [0, 0.05) is 0 Å². The highest BCUT2D eigenvalue weighted by atomic mass is 32.2. The summed E-state index contributed by atoms with van der Waals surface area (Å²) in [6.45, 7) is -0.923. The van der Waals surface area contributed by atoms with E-state index in [1.807, 2.05) is 0 Å². The average molecular weight is 293 g/mol. The molecule has 0 aromatic heterocycles. The number of aliphatic hydroxyl groups excluding tert-OH is 1. The molecular formula is C10H12FNO6S. The van der Waals surface area contributed by atoms with E-state index in [-0.39, 0.29) is 5.75 Å². The van der Waals surface area contributed by atoms with Crippen LogP contribution >= 0.6 is 0 Å². The summed E-state index contributed by atoms with van der Waals surface area (Å²) in [5.74, 6) is -2.59. The number of nitrogens with one attached hydrogen (secondary N) is 1. The first-order valence-electron chi connectivity index (χ1n) is 5.01. The van der Waals surface area contributed by atoms with Gasteiger partial charge in [0.25, 0.3) is 0 Å². The highest BCUT2D eigenvalue weighted by Gasteiger charge is 2.25. The van der Waals surface area contributed by atoms with Crippen LogP contribution in [0.3, 0.4) is 0 Å². The lowest BCUT2D eigenvalue weighted by Gasteiger charge is -2.12. The van der Waals surface area contributed by atoms with Gasteiger partial charge in [0.15, 0.2) is 11.6 Å². The first-order valence-corrected chi connectivity index (χ1v) is 6.49. The monoisotopic (exact) mass is 293 g/mol. The van der Waals surface area contributed by atoms with Gasteiger partial charge in [-0.05, 0) is 18.2 Å². The van der Waals surface area contributed by atoms with Crippen molar-refractivity contribution in [2.24, 2.45) is 0 Å². The third-order valence-electron chi connectivity index (χ3n) is 2.21. The Morgan fingerprint density at radius 1 is 1.53 bits per heavy atom. The van der Waals surface area contributed by atoms with Crippen molar-refractivity contribution in [1.82, 2.24) is 4.72 Å². The summed E-state index contributed by atoms with van der Waals surface area (Å²) in [6.07, 6.45) is 0. The molecule has 0 saturated heterocycles. The number of hydrogen-bond donors (Lipinski definition) is 3. The van der Waals surface area contributed by atoms with E-state index in [2.05, 4.69) is 4.74 Å². The third kappa shape index (κ3) is 3.63. The third-order valence-corrected chi connectivity index (χ3v) is 3.68. The molecule has 0 fully saturated rings. The molecule has 3 N–H and O–H groups in total. The van der Waals surface area contributed by atoms with Crippen molar-refractivity contribution >= 4 is 16.0 Å². The number of carboxylic acids is 1. The summed E-state index contributed by atoms with van der Waals surface area (Å²) >= 11 is 0. The van der Waals surface area contributed by atoms with Gasteiger partial charge in [-0.15, -0.1) is 0 Å².